The Bertz CT molecular complexity index is 626. The van der Waals surface area contributed by atoms with E-state index in [-0.39, 0.29) is 18.1 Å². The molecular weight excluding hydrogens is 246 g/mol. The van der Waals surface area contributed by atoms with Crippen molar-refractivity contribution in [3.63, 3.8) is 0 Å². The summed E-state index contributed by atoms with van der Waals surface area (Å²) in [5, 5.41) is 4.26. The highest BCUT2D eigenvalue weighted by atomic mass is 16.5. The SMILES string of the molecule is CCOC(=O)c1nc(C)n(-c2cn(C)nc2C)c1N. The Morgan fingerprint density at radius 3 is 2.68 bits per heavy atom. The van der Waals surface area contributed by atoms with Crippen molar-refractivity contribution in [3.8, 4) is 5.69 Å². The Labute approximate surface area is 111 Å². The Morgan fingerprint density at radius 1 is 1.47 bits per heavy atom. The molecule has 0 radical (unpaired) electrons. The number of hydrogen-bond donors (Lipinski definition) is 1. The van der Waals surface area contributed by atoms with E-state index >= 15 is 0 Å². The molecule has 7 heteroatoms. The molecule has 0 saturated heterocycles. The lowest BCUT2D eigenvalue weighted by atomic mass is 10.3. The van der Waals surface area contributed by atoms with Gasteiger partial charge in [0, 0.05) is 13.2 Å². The van der Waals surface area contributed by atoms with Gasteiger partial charge in [-0.2, -0.15) is 5.10 Å². The summed E-state index contributed by atoms with van der Waals surface area (Å²) < 4.78 is 8.32. The fourth-order valence-electron chi connectivity index (χ4n) is 2.01. The zero-order valence-electron chi connectivity index (χ0n) is 11.5. The second kappa shape index (κ2) is 4.75. The lowest BCUT2D eigenvalue weighted by Crippen LogP contribution is -2.09. The highest BCUT2D eigenvalue weighted by Crippen LogP contribution is 2.22. The van der Waals surface area contributed by atoms with Crippen LogP contribution >= 0.6 is 0 Å². The van der Waals surface area contributed by atoms with Gasteiger partial charge < -0.3 is 10.5 Å². The minimum absolute atomic E-state index is 0.141. The van der Waals surface area contributed by atoms with E-state index in [2.05, 4.69) is 10.1 Å². The van der Waals surface area contributed by atoms with Gasteiger partial charge in [-0.3, -0.25) is 9.25 Å². The van der Waals surface area contributed by atoms with Gasteiger partial charge in [-0.1, -0.05) is 0 Å². The van der Waals surface area contributed by atoms with Crippen molar-refractivity contribution in [2.45, 2.75) is 20.8 Å². The van der Waals surface area contributed by atoms with E-state index in [9.17, 15) is 4.79 Å². The lowest BCUT2D eigenvalue weighted by Gasteiger charge is -2.05. The summed E-state index contributed by atoms with van der Waals surface area (Å²) in [7, 11) is 1.82. The Morgan fingerprint density at radius 2 is 2.16 bits per heavy atom. The number of aromatic nitrogens is 4. The number of hydrogen-bond acceptors (Lipinski definition) is 5. The number of carbonyl (C=O) groups excluding carboxylic acids is 1. The average molecular weight is 263 g/mol. The number of carbonyl (C=O) groups is 1. The maximum Gasteiger partial charge on any atom is 0.360 e. The van der Waals surface area contributed by atoms with Crippen LogP contribution in [0.3, 0.4) is 0 Å². The second-order valence-corrected chi connectivity index (χ2v) is 4.22. The molecule has 2 aromatic heterocycles. The quantitative estimate of drug-likeness (QED) is 0.834. The van der Waals surface area contributed by atoms with Crippen molar-refractivity contribution < 1.29 is 9.53 Å². The molecule has 0 aromatic carbocycles. The van der Waals surface area contributed by atoms with Crippen molar-refractivity contribution in [2.24, 2.45) is 7.05 Å². The first kappa shape index (κ1) is 13.1. The highest BCUT2D eigenvalue weighted by Gasteiger charge is 2.22. The number of anilines is 1. The lowest BCUT2D eigenvalue weighted by molar-refractivity contribution is 0.0521. The molecule has 0 aliphatic rings. The van der Waals surface area contributed by atoms with E-state index in [0.717, 1.165) is 11.4 Å². The van der Waals surface area contributed by atoms with E-state index < -0.39 is 5.97 Å². The Kier molecular flexibility index (Phi) is 3.28. The molecule has 0 atom stereocenters. The van der Waals surface area contributed by atoms with Crippen LogP contribution in [0.5, 0.6) is 0 Å². The smallest absolute Gasteiger partial charge is 0.360 e. The molecule has 0 unspecified atom stereocenters. The van der Waals surface area contributed by atoms with Gasteiger partial charge in [0.25, 0.3) is 0 Å². The zero-order valence-corrected chi connectivity index (χ0v) is 11.5. The van der Waals surface area contributed by atoms with E-state index in [4.69, 9.17) is 10.5 Å². The fraction of sp³-hybridized carbons (Fsp3) is 0.417. The molecule has 0 amide bonds. The summed E-state index contributed by atoms with van der Waals surface area (Å²) in [5.74, 6) is 0.382. The molecule has 0 aliphatic carbocycles. The third-order valence-corrected chi connectivity index (χ3v) is 2.78. The third kappa shape index (κ3) is 2.18. The van der Waals surface area contributed by atoms with E-state index in [1.54, 1.807) is 23.1 Å². The van der Waals surface area contributed by atoms with Crippen molar-refractivity contribution in [3.05, 3.63) is 23.4 Å². The molecule has 7 nitrogen and oxygen atoms in total. The van der Waals surface area contributed by atoms with Crippen molar-refractivity contribution in [1.82, 2.24) is 19.3 Å². The van der Waals surface area contributed by atoms with Gasteiger partial charge in [-0.15, -0.1) is 0 Å². The minimum atomic E-state index is -0.511. The van der Waals surface area contributed by atoms with Crippen LogP contribution in [0.1, 0.15) is 28.9 Å². The van der Waals surface area contributed by atoms with E-state index in [1.165, 1.54) is 0 Å². The van der Waals surface area contributed by atoms with Crippen LogP contribution < -0.4 is 5.73 Å². The van der Waals surface area contributed by atoms with Gasteiger partial charge in [0.2, 0.25) is 0 Å². The van der Waals surface area contributed by atoms with Gasteiger partial charge in [-0.05, 0) is 20.8 Å². The number of aryl methyl sites for hydroxylation is 3. The van der Waals surface area contributed by atoms with Gasteiger partial charge in [-0.25, -0.2) is 9.78 Å². The second-order valence-electron chi connectivity index (χ2n) is 4.22. The minimum Gasteiger partial charge on any atom is -0.461 e. The number of nitrogen functional groups attached to an aromatic ring is 1. The number of ether oxygens (including phenoxy) is 1. The third-order valence-electron chi connectivity index (χ3n) is 2.78. The molecular formula is C12H17N5O2. The number of imidazole rings is 1. The largest absolute Gasteiger partial charge is 0.461 e. The van der Waals surface area contributed by atoms with Crippen LogP contribution in [-0.4, -0.2) is 31.9 Å². The highest BCUT2D eigenvalue weighted by molar-refractivity contribution is 5.92. The standard InChI is InChI=1S/C12H17N5O2/c1-5-19-12(18)10-11(13)17(8(3)14-10)9-6-16(4)15-7(9)2/h6H,5,13H2,1-4H3. The molecule has 0 bridgehead atoms. The molecule has 0 saturated carbocycles. The number of rotatable bonds is 3. The van der Waals surface area contributed by atoms with Crippen LogP contribution in [0.4, 0.5) is 5.82 Å². The molecule has 0 spiro atoms. The van der Waals surface area contributed by atoms with Crippen molar-refractivity contribution in [1.29, 1.82) is 0 Å². The first-order valence-corrected chi connectivity index (χ1v) is 5.98. The molecule has 102 valence electrons. The maximum absolute atomic E-state index is 11.8. The van der Waals surface area contributed by atoms with Crippen LogP contribution in [0.25, 0.3) is 5.69 Å². The predicted octanol–water partition coefficient (Wildman–Crippen LogP) is 0.982. The monoisotopic (exact) mass is 263 g/mol. The number of esters is 1. The summed E-state index contributed by atoms with van der Waals surface area (Å²) in [6, 6.07) is 0. The molecule has 19 heavy (non-hydrogen) atoms. The van der Waals surface area contributed by atoms with Crippen molar-refractivity contribution >= 4 is 11.8 Å². The van der Waals surface area contributed by atoms with Gasteiger partial charge in [0.1, 0.15) is 11.6 Å². The van der Waals surface area contributed by atoms with E-state index in [1.807, 2.05) is 20.2 Å². The summed E-state index contributed by atoms with van der Waals surface area (Å²) in [4.78, 5) is 15.9. The van der Waals surface area contributed by atoms with Crippen LogP contribution in [0.2, 0.25) is 0 Å². The topological polar surface area (TPSA) is 88.0 Å². The Balaban J connectivity index is 2.54. The van der Waals surface area contributed by atoms with Gasteiger partial charge >= 0.3 is 5.97 Å². The first-order valence-electron chi connectivity index (χ1n) is 5.98. The zero-order chi connectivity index (χ0) is 14.2. The van der Waals surface area contributed by atoms with Crippen LogP contribution in [0, 0.1) is 13.8 Å². The van der Waals surface area contributed by atoms with Crippen molar-refractivity contribution in [2.75, 3.05) is 12.3 Å². The fourth-order valence-corrected chi connectivity index (χ4v) is 2.01. The normalized spacial score (nSPS) is 10.7. The first-order chi connectivity index (χ1) is 8.95. The molecule has 0 aliphatic heterocycles. The number of nitrogens with two attached hydrogens (primary N) is 1. The van der Waals surface area contributed by atoms with Crippen LogP contribution in [0.15, 0.2) is 6.20 Å². The average Bonchev–Trinajstić information content (AvgIpc) is 2.79. The number of nitrogens with zero attached hydrogens (tertiary/aromatic N) is 4. The van der Waals surface area contributed by atoms with E-state index in [0.29, 0.717) is 5.82 Å². The van der Waals surface area contributed by atoms with Gasteiger partial charge in [0.15, 0.2) is 5.69 Å². The molecule has 2 aromatic rings. The maximum atomic E-state index is 11.8. The van der Waals surface area contributed by atoms with Gasteiger partial charge in [0.05, 0.1) is 18.0 Å². The predicted molar refractivity (Wildman–Crippen MR) is 70.2 cm³/mol. The summed E-state index contributed by atoms with van der Waals surface area (Å²) in [6.45, 7) is 5.68. The molecule has 0 fully saturated rings. The summed E-state index contributed by atoms with van der Waals surface area (Å²) in [6.07, 6.45) is 1.83. The molecule has 2 N–H and O–H groups in total. The van der Waals surface area contributed by atoms with Crippen LogP contribution in [-0.2, 0) is 11.8 Å². The summed E-state index contributed by atoms with van der Waals surface area (Å²) in [5.41, 5.74) is 7.77. The molecule has 2 heterocycles. The summed E-state index contributed by atoms with van der Waals surface area (Å²) >= 11 is 0. The Hall–Kier alpha value is -2.31. The molecule has 2 rings (SSSR count).